The largest absolute Gasteiger partial charge is 0.360 e. The molecule has 0 saturated carbocycles. The van der Waals surface area contributed by atoms with Crippen LogP contribution in [0.25, 0.3) is 28.0 Å². The Labute approximate surface area is 168 Å². The number of benzene rings is 2. The van der Waals surface area contributed by atoms with Gasteiger partial charge in [0.15, 0.2) is 11.0 Å². The summed E-state index contributed by atoms with van der Waals surface area (Å²) in [6, 6.07) is 18.7. The van der Waals surface area contributed by atoms with Crippen LogP contribution in [0.5, 0.6) is 0 Å². The summed E-state index contributed by atoms with van der Waals surface area (Å²) in [7, 11) is 0. The van der Waals surface area contributed by atoms with Crippen LogP contribution in [0.4, 0.5) is 0 Å². The molecule has 0 saturated heterocycles. The van der Waals surface area contributed by atoms with Crippen molar-refractivity contribution in [3.63, 3.8) is 0 Å². The van der Waals surface area contributed by atoms with Gasteiger partial charge >= 0.3 is 0 Å². The Bertz CT molecular complexity index is 1140. The number of hydrogen-bond donors (Lipinski definition) is 1. The van der Waals surface area contributed by atoms with E-state index in [9.17, 15) is 0 Å². The van der Waals surface area contributed by atoms with E-state index in [1.54, 1.807) is 11.8 Å². The Hall–Kier alpha value is -3.04. The lowest BCUT2D eigenvalue weighted by molar-refractivity contribution is 0.822. The molecule has 1 N–H and O–H groups in total. The fraction of sp³-hybridized carbons (Fsp3) is 0.227. The van der Waals surface area contributed by atoms with Crippen molar-refractivity contribution in [3.05, 3.63) is 60.3 Å². The predicted octanol–water partition coefficient (Wildman–Crippen LogP) is 5.51. The standard InChI is InChI=1S/C22H21N5S/c1-16-9-3-6-12-20(16)27-21(18-15-24-19-11-5-4-10-17(18)19)25-26-22(27)28-14-8-2-7-13-23/h3-6,9-12,15,24H,2,7-8,14H2,1H3. The second-order valence-electron chi connectivity index (χ2n) is 6.64. The molecule has 0 radical (unpaired) electrons. The first-order valence-electron chi connectivity index (χ1n) is 9.37. The molecule has 0 fully saturated rings. The number of unbranched alkanes of at least 4 members (excludes halogenated alkanes) is 2. The molecule has 0 aliphatic rings. The fourth-order valence-electron chi connectivity index (χ4n) is 3.30. The third-order valence-electron chi connectivity index (χ3n) is 4.73. The minimum absolute atomic E-state index is 0.603. The Morgan fingerprint density at radius 1 is 1.07 bits per heavy atom. The SMILES string of the molecule is Cc1ccccc1-n1c(SCCCCC#N)nnc1-c1c[nH]c2ccccc12. The van der Waals surface area contributed by atoms with E-state index in [-0.39, 0.29) is 0 Å². The monoisotopic (exact) mass is 387 g/mol. The highest BCUT2D eigenvalue weighted by Gasteiger charge is 2.19. The van der Waals surface area contributed by atoms with Crippen molar-refractivity contribution in [2.75, 3.05) is 5.75 Å². The Morgan fingerprint density at radius 3 is 2.75 bits per heavy atom. The molecule has 0 aliphatic carbocycles. The van der Waals surface area contributed by atoms with Gasteiger partial charge in [-0.3, -0.25) is 4.57 Å². The Kier molecular flexibility index (Phi) is 5.45. The van der Waals surface area contributed by atoms with E-state index in [2.05, 4.69) is 57.0 Å². The minimum Gasteiger partial charge on any atom is -0.360 e. The van der Waals surface area contributed by atoms with Gasteiger partial charge in [-0.2, -0.15) is 5.26 Å². The second-order valence-corrected chi connectivity index (χ2v) is 7.70. The molecule has 140 valence electrons. The first kappa shape index (κ1) is 18.3. The lowest BCUT2D eigenvalue weighted by Crippen LogP contribution is -2.02. The van der Waals surface area contributed by atoms with Crippen molar-refractivity contribution in [1.82, 2.24) is 19.7 Å². The molecule has 0 spiro atoms. The molecule has 0 amide bonds. The molecular formula is C22H21N5S. The summed E-state index contributed by atoms with van der Waals surface area (Å²) in [5.74, 6) is 1.76. The fourth-order valence-corrected chi connectivity index (χ4v) is 4.24. The highest BCUT2D eigenvalue weighted by atomic mass is 32.2. The average Bonchev–Trinajstić information content (AvgIpc) is 3.32. The van der Waals surface area contributed by atoms with E-state index >= 15 is 0 Å². The summed E-state index contributed by atoms with van der Waals surface area (Å²) in [5, 5.41) is 19.8. The summed E-state index contributed by atoms with van der Waals surface area (Å²) in [6.07, 6.45) is 4.51. The van der Waals surface area contributed by atoms with Crippen LogP contribution in [0.2, 0.25) is 0 Å². The van der Waals surface area contributed by atoms with Crippen LogP contribution in [0.1, 0.15) is 24.8 Å². The zero-order valence-corrected chi connectivity index (χ0v) is 16.5. The van der Waals surface area contributed by atoms with Gasteiger partial charge in [0, 0.05) is 34.8 Å². The average molecular weight is 388 g/mol. The second kappa shape index (κ2) is 8.32. The molecule has 4 rings (SSSR count). The third-order valence-corrected chi connectivity index (χ3v) is 5.75. The van der Waals surface area contributed by atoms with Crippen LogP contribution in [0, 0.1) is 18.3 Å². The zero-order valence-electron chi connectivity index (χ0n) is 15.7. The van der Waals surface area contributed by atoms with E-state index in [0.29, 0.717) is 6.42 Å². The Morgan fingerprint density at radius 2 is 1.89 bits per heavy atom. The highest BCUT2D eigenvalue weighted by molar-refractivity contribution is 7.99. The van der Waals surface area contributed by atoms with Crippen molar-refractivity contribution in [1.29, 1.82) is 5.26 Å². The summed E-state index contributed by atoms with van der Waals surface area (Å²) in [6.45, 7) is 2.11. The molecule has 2 heterocycles. The van der Waals surface area contributed by atoms with Crippen molar-refractivity contribution in [3.8, 4) is 23.1 Å². The highest BCUT2D eigenvalue weighted by Crippen LogP contribution is 2.33. The maximum atomic E-state index is 8.72. The molecule has 28 heavy (non-hydrogen) atoms. The number of thioether (sulfide) groups is 1. The van der Waals surface area contributed by atoms with E-state index < -0.39 is 0 Å². The van der Waals surface area contributed by atoms with Crippen molar-refractivity contribution >= 4 is 22.7 Å². The number of para-hydroxylation sites is 2. The first-order chi connectivity index (χ1) is 13.8. The molecule has 2 aromatic heterocycles. The number of hydrogen-bond acceptors (Lipinski definition) is 4. The van der Waals surface area contributed by atoms with Gasteiger partial charge in [-0.15, -0.1) is 10.2 Å². The van der Waals surface area contributed by atoms with Gasteiger partial charge < -0.3 is 4.98 Å². The van der Waals surface area contributed by atoms with Gasteiger partial charge in [-0.25, -0.2) is 0 Å². The van der Waals surface area contributed by atoms with Crippen molar-refractivity contribution < 1.29 is 0 Å². The van der Waals surface area contributed by atoms with Crippen LogP contribution in [-0.2, 0) is 0 Å². The number of aryl methyl sites for hydroxylation is 1. The zero-order chi connectivity index (χ0) is 19.3. The number of H-pyrrole nitrogens is 1. The maximum Gasteiger partial charge on any atom is 0.196 e. The summed E-state index contributed by atoms with van der Waals surface area (Å²) in [5.41, 5.74) is 4.40. The number of nitriles is 1. The van der Waals surface area contributed by atoms with E-state index in [0.717, 1.165) is 51.7 Å². The van der Waals surface area contributed by atoms with Crippen molar-refractivity contribution in [2.45, 2.75) is 31.3 Å². The Balaban J connectivity index is 1.77. The number of nitrogens with one attached hydrogen (secondary N) is 1. The van der Waals surface area contributed by atoms with Gasteiger partial charge in [0.25, 0.3) is 0 Å². The third kappa shape index (κ3) is 3.54. The molecule has 0 aliphatic heterocycles. The molecule has 6 heteroatoms. The van der Waals surface area contributed by atoms with Crippen LogP contribution in [-0.4, -0.2) is 25.5 Å². The van der Waals surface area contributed by atoms with Crippen LogP contribution >= 0.6 is 11.8 Å². The number of fused-ring (bicyclic) bond motifs is 1. The summed E-state index contributed by atoms with van der Waals surface area (Å²) >= 11 is 1.69. The topological polar surface area (TPSA) is 70.3 Å². The van der Waals surface area contributed by atoms with Crippen LogP contribution in [0.3, 0.4) is 0 Å². The molecular weight excluding hydrogens is 366 g/mol. The quantitative estimate of drug-likeness (QED) is 0.335. The lowest BCUT2D eigenvalue weighted by atomic mass is 10.1. The normalized spacial score (nSPS) is 11.0. The van der Waals surface area contributed by atoms with Crippen LogP contribution < -0.4 is 0 Å². The van der Waals surface area contributed by atoms with E-state index in [4.69, 9.17) is 5.26 Å². The minimum atomic E-state index is 0.603. The molecule has 2 aromatic carbocycles. The lowest BCUT2D eigenvalue weighted by Gasteiger charge is -2.12. The molecule has 5 nitrogen and oxygen atoms in total. The first-order valence-corrected chi connectivity index (χ1v) is 10.4. The van der Waals surface area contributed by atoms with Gasteiger partial charge in [-0.1, -0.05) is 48.2 Å². The molecule has 0 bridgehead atoms. The maximum absolute atomic E-state index is 8.72. The molecule has 0 atom stereocenters. The van der Waals surface area contributed by atoms with Gasteiger partial charge in [0.05, 0.1) is 11.8 Å². The summed E-state index contributed by atoms with van der Waals surface area (Å²) in [4.78, 5) is 3.34. The molecule has 4 aromatic rings. The number of aromatic amines is 1. The summed E-state index contributed by atoms with van der Waals surface area (Å²) < 4.78 is 2.15. The number of rotatable bonds is 7. The van der Waals surface area contributed by atoms with Crippen molar-refractivity contribution in [2.24, 2.45) is 0 Å². The number of nitrogens with zero attached hydrogens (tertiary/aromatic N) is 4. The van der Waals surface area contributed by atoms with Crippen LogP contribution in [0.15, 0.2) is 59.9 Å². The van der Waals surface area contributed by atoms with E-state index in [1.807, 2.05) is 30.5 Å². The number of aromatic nitrogens is 4. The van der Waals surface area contributed by atoms with Gasteiger partial charge in [0.1, 0.15) is 0 Å². The van der Waals surface area contributed by atoms with E-state index in [1.165, 1.54) is 5.56 Å². The smallest absolute Gasteiger partial charge is 0.196 e. The molecule has 0 unspecified atom stereocenters. The predicted molar refractivity (Wildman–Crippen MR) is 114 cm³/mol. The van der Waals surface area contributed by atoms with Gasteiger partial charge in [-0.05, 0) is 37.5 Å². The van der Waals surface area contributed by atoms with Gasteiger partial charge in [0.2, 0.25) is 0 Å².